The Bertz CT molecular complexity index is 361. The van der Waals surface area contributed by atoms with Crippen LogP contribution in [-0.4, -0.2) is 44.3 Å². The Morgan fingerprint density at radius 1 is 0.789 bits per heavy atom. The summed E-state index contributed by atoms with van der Waals surface area (Å²) in [5.41, 5.74) is -1.52. The molecular formula is C11H16O8. The number of hydrogen-bond donors (Lipinski definition) is 4. The quantitative estimate of drug-likeness (QED) is 0.496. The summed E-state index contributed by atoms with van der Waals surface area (Å²) in [7, 11) is 0. The van der Waals surface area contributed by atoms with E-state index in [1.54, 1.807) is 0 Å². The van der Waals surface area contributed by atoms with Crippen LogP contribution < -0.4 is 0 Å². The average Bonchev–Trinajstić information content (AvgIpc) is 2.20. The Hall–Kier alpha value is -2.12. The van der Waals surface area contributed by atoms with Gasteiger partial charge in [-0.1, -0.05) is 13.8 Å². The van der Waals surface area contributed by atoms with Crippen molar-refractivity contribution in [2.45, 2.75) is 26.7 Å². The zero-order valence-corrected chi connectivity index (χ0v) is 10.5. The van der Waals surface area contributed by atoms with E-state index in [1.165, 1.54) is 13.8 Å². The van der Waals surface area contributed by atoms with Crippen molar-refractivity contribution in [3.05, 3.63) is 0 Å². The lowest BCUT2D eigenvalue weighted by atomic mass is 9.67. The molecule has 108 valence electrons. The molecule has 0 radical (unpaired) electrons. The molecule has 19 heavy (non-hydrogen) atoms. The highest BCUT2D eigenvalue weighted by Crippen LogP contribution is 2.39. The normalized spacial score (nSPS) is 14.4. The van der Waals surface area contributed by atoms with Crippen molar-refractivity contribution in [3.8, 4) is 0 Å². The molecule has 0 fully saturated rings. The van der Waals surface area contributed by atoms with Gasteiger partial charge in [-0.05, 0) is 5.41 Å². The molecule has 0 bridgehead atoms. The molecule has 0 aromatic carbocycles. The molecule has 4 N–H and O–H groups in total. The summed E-state index contributed by atoms with van der Waals surface area (Å²) in [5, 5.41) is 35.4. The minimum atomic E-state index is -1.52. The van der Waals surface area contributed by atoms with Gasteiger partial charge in [0.2, 0.25) is 0 Å². The largest absolute Gasteiger partial charge is 0.481 e. The molecule has 0 saturated carbocycles. The van der Waals surface area contributed by atoms with E-state index in [4.69, 9.17) is 20.4 Å². The fourth-order valence-electron chi connectivity index (χ4n) is 1.93. The number of carboxylic acid groups (broad SMARTS) is 4. The zero-order chi connectivity index (χ0) is 15.4. The van der Waals surface area contributed by atoms with Gasteiger partial charge in [-0.3, -0.25) is 19.2 Å². The summed E-state index contributed by atoms with van der Waals surface area (Å²) in [4.78, 5) is 43.5. The van der Waals surface area contributed by atoms with Gasteiger partial charge in [-0.2, -0.15) is 0 Å². The molecule has 2 unspecified atom stereocenters. The summed E-state index contributed by atoms with van der Waals surface area (Å²) < 4.78 is 0. The standard InChI is InChI=1S/C11H16O8/c1-11(2,5(9(16)17)3-7(12)13)6(10(18)19)4-8(14)15/h5-6H,3-4H2,1-2H3,(H,12,13)(H,14,15)(H,16,17)(H,18,19). The number of carboxylic acids is 4. The van der Waals surface area contributed by atoms with Crippen LogP contribution in [0.5, 0.6) is 0 Å². The van der Waals surface area contributed by atoms with E-state index in [9.17, 15) is 19.2 Å². The topological polar surface area (TPSA) is 149 Å². The van der Waals surface area contributed by atoms with Gasteiger partial charge < -0.3 is 20.4 Å². The molecule has 8 nitrogen and oxygen atoms in total. The Balaban J connectivity index is 5.44. The second-order valence-corrected chi connectivity index (χ2v) is 4.80. The van der Waals surface area contributed by atoms with Crippen molar-refractivity contribution in [2.24, 2.45) is 17.3 Å². The maximum atomic E-state index is 11.1. The van der Waals surface area contributed by atoms with Crippen molar-refractivity contribution in [1.29, 1.82) is 0 Å². The van der Waals surface area contributed by atoms with E-state index in [-0.39, 0.29) is 0 Å². The van der Waals surface area contributed by atoms with Gasteiger partial charge >= 0.3 is 23.9 Å². The minimum absolute atomic E-state index is 0.772. The summed E-state index contributed by atoms with van der Waals surface area (Å²) in [6.07, 6.45) is -1.54. The first-order valence-electron chi connectivity index (χ1n) is 5.39. The van der Waals surface area contributed by atoms with Gasteiger partial charge in [-0.15, -0.1) is 0 Å². The van der Waals surface area contributed by atoms with Crippen LogP contribution in [-0.2, 0) is 19.2 Å². The summed E-state index contributed by atoms with van der Waals surface area (Å²) in [6, 6.07) is 0. The predicted octanol–water partition coefficient (Wildman–Crippen LogP) is 0.364. The number of carbonyl (C=O) groups is 4. The first-order valence-corrected chi connectivity index (χ1v) is 5.39. The van der Waals surface area contributed by atoms with E-state index in [2.05, 4.69) is 0 Å². The molecule has 0 aromatic rings. The van der Waals surface area contributed by atoms with Crippen molar-refractivity contribution in [3.63, 3.8) is 0 Å². The lowest BCUT2D eigenvalue weighted by molar-refractivity contribution is -0.162. The Kier molecular flexibility index (Phi) is 5.48. The van der Waals surface area contributed by atoms with Crippen molar-refractivity contribution >= 4 is 23.9 Å². The smallest absolute Gasteiger partial charge is 0.307 e. The van der Waals surface area contributed by atoms with Gasteiger partial charge in [-0.25, -0.2) is 0 Å². The van der Waals surface area contributed by atoms with Gasteiger partial charge in [0.05, 0.1) is 24.7 Å². The van der Waals surface area contributed by atoms with Crippen molar-refractivity contribution in [2.75, 3.05) is 0 Å². The second kappa shape index (κ2) is 6.17. The van der Waals surface area contributed by atoms with Crippen molar-refractivity contribution < 1.29 is 39.6 Å². The summed E-state index contributed by atoms with van der Waals surface area (Å²) in [6.45, 7) is 2.49. The monoisotopic (exact) mass is 276 g/mol. The molecule has 8 heteroatoms. The van der Waals surface area contributed by atoms with Crippen LogP contribution in [0.25, 0.3) is 0 Å². The first-order chi connectivity index (χ1) is 8.50. The molecule has 0 saturated heterocycles. The third kappa shape index (κ3) is 4.57. The third-order valence-corrected chi connectivity index (χ3v) is 3.15. The van der Waals surface area contributed by atoms with E-state index in [1.807, 2.05) is 0 Å². The molecule has 0 aliphatic carbocycles. The molecule has 0 aliphatic rings. The number of aliphatic carboxylic acids is 4. The number of hydrogen-bond acceptors (Lipinski definition) is 4. The molecule has 0 heterocycles. The molecule has 2 atom stereocenters. The minimum Gasteiger partial charge on any atom is -0.481 e. The third-order valence-electron chi connectivity index (χ3n) is 3.15. The first kappa shape index (κ1) is 16.9. The van der Waals surface area contributed by atoms with Crippen LogP contribution >= 0.6 is 0 Å². The lowest BCUT2D eigenvalue weighted by Gasteiger charge is -2.35. The molecule has 0 amide bonds. The van der Waals surface area contributed by atoms with Crippen LogP contribution in [0.15, 0.2) is 0 Å². The highest BCUT2D eigenvalue weighted by atomic mass is 16.4. The molecular weight excluding hydrogens is 260 g/mol. The van der Waals surface area contributed by atoms with Crippen LogP contribution in [0.4, 0.5) is 0 Å². The van der Waals surface area contributed by atoms with Gasteiger partial charge in [0.25, 0.3) is 0 Å². The van der Waals surface area contributed by atoms with Crippen LogP contribution in [0, 0.1) is 17.3 Å². The fourth-order valence-corrected chi connectivity index (χ4v) is 1.93. The van der Waals surface area contributed by atoms with Crippen LogP contribution in [0.3, 0.4) is 0 Å². The summed E-state index contributed by atoms with van der Waals surface area (Å²) >= 11 is 0. The maximum absolute atomic E-state index is 11.1. The molecule has 0 spiro atoms. The van der Waals surface area contributed by atoms with Gasteiger partial charge in [0, 0.05) is 0 Å². The SMILES string of the molecule is CC(C)(C(CC(=O)O)C(=O)O)C(CC(=O)O)C(=O)O. The van der Waals surface area contributed by atoms with Crippen molar-refractivity contribution in [1.82, 2.24) is 0 Å². The van der Waals surface area contributed by atoms with Crippen LogP contribution in [0.1, 0.15) is 26.7 Å². The number of rotatable bonds is 8. The molecule has 0 rings (SSSR count). The second-order valence-electron chi connectivity index (χ2n) is 4.80. The predicted molar refractivity (Wildman–Crippen MR) is 60.5 cm³/mol. The molecule has 0 aliphatic heterocycles. The summed E-state index contributed by atoms with van der Waals surface area (Å²) in [5.74, 6) is -8.70. The van der Waals surface area contributed by atoms with E-state index < -0.39 is 54.0 Å². The zero-order valence-electron chi connectivity index (χ0n) is 10.5. The Morgan fingerprint density at radius 3 is 1.21 bits per heavy atom. The van der Waals surface area contributed by atoms with Crippen LogP contribution in [0.2, 0.25) is 0 Å². The Labute approximate surface area is 108 Å². The highest BCUT2D eigenvalue weighted by molar-refractivity contribution is 5.82. The van der Waals surface area contributed by atoms with E-state index in [0.29, 0.717) is 0 Å². The average molecular weight is 276 g/mol. The Morgan fingerprint density at radius 2 is 1.05 bits per heavy atom. The van der Waals surface area contributed by atoms with E-state index >= 15 is 0 Å². The maximum Gasteiger partial charge on any atom is 0.307 e. The fraction of sp³-hybridized carbons (Fsp3) is 0.636. The lowest BCUT2D eigenvalue weighted by Crippen LogP contribution is -2.43. The molecule has 0 aromatic heterocycles. The van der Waals surface area contributed by atoms with Gasteiger partial charge in [0.15, 0.2) is 0 Å². The van der Waals surface area contributed by atoms with Gasteiger partial charge in [0.1, 0.15) is 0 Å². The van der Waals surface area contributed by atoms with E-state index in [0.717, 1.165) is 0 Å². The highest BCUT2D eigenvalue weighted by Gasteiger charge is 2.46.